The van der Waals surface area contributed by atoms with E-state index in [2.05, 4.69) is 6.58 Å². The smallest absolute Gasteiger partial charge is 0.338 e. The number of ether oxygens (including phenoxy) is 2. The molecule has 1 N–H and O–H groups in total. The average Bonchev–Trinajstić information content (AvgIpc) is 2.62. The Balaban J connectivity index is 2.42. The molecular weight excluding hydrogens is 310 g/mol. The minimum Gasteiger partial charge on any atom is -0.459 e. The van der Waals surface area contributed by atoms with E-state index in [0.717, 1.165) is 12.2 Å². The Morgan fingerprint density at radius 1 is 1.17 bits per heavy atom. The van der Waals surface area contributed by atoms with Crippen molar-refractivity contribution in [3.05, 3.63) is 42.0 Å². The highest BCUT2D eigenvalue weighted by Gasteiger charge is 2.14. The van der Waals surface area contributed by atoms with Crippen molar-refractivity contribution in [3.63, 3.8) is 0 Å². The zero-order valence-corrected chi connectivity index (χ0v) is 14.4. The fourth-order valence-corrected chi connectivity index (χ4v) is 1.76. The monoisotopic (exact) mass is 335 g/mol. The predicted molar refractivity (Wildman–Crippen MR) is 92.1 cm³/mol. The maximum atomic E-state index is 11.9. The molecular formula is C18H25NO5. The quantitative estimate of drug-likeness (QED) is 0.550. The molecule has 0 saturated carbocycles. The van der Waals surface area contributed by atoms with E-state index < -0.39 is 18.0 Å². The van der Waals surface area contributed by atoms with Crippen LogP contribution in [0, 0.1) is 0 Å². The second-order valence-corrected chi connectivity index (χ2v) is 5.37. The number of aliphatic hydroxyl groups is 1. The number of esters is 2. The van der Waals surface area contributed by atoms with Gasteiger partial charge in [-0.2, -0.15) is 0 Å². The molecule has 0 radical (unpaired) electrons. The Morgan fingerprint density at radius 2 is 1.75 bits per heavy atom. The first-order chi connectivity index (χ1) is 11.4. The van der Waals surface area contributed by atoms with Crippen LogP contribution in [0.5, 0.6) is 0 Å². The van der Waals surface area contributed by atoms with Gasteiger partial charge in [0.2, 0.25) is 0 Å². The van der Waals surface area contributed by atoms with Crippen LogP contribution in [0.2, 0.25) is 0 Å². The molecule has 24 heavy (non-hydrogen) atoms. The molecule has 0 amide bonds. The lowest BCUT2D eigenvalue weighted by Gasteiger charge is -2.17. The molecule has 0 aliphatic heterocycles. The molecule has 0 spiro atoms. The summed E-state index contributed by atoms with van der Waals surface area (Å²) in [5, 5.41) is 9.71. The summed E-state index contributed by atoms with van der Waals surface area (Å²) in [7, 11) is 1.96. The number of nitrogens with zero attached hydrogens (tertiary/aromatic N) is 1. The molecule has 0 heterocycles. The van der Waals surface area contributed by atoms with Gasteiger partial charge in [0, 0.05) is 24.9 Å². The summed E-state index contributed by atoms with van der Waals surface area (Å²) in [5.41, 5.74) is 1.72. The van der Waals surface area contributed by atoms with Gasteiger partial charge < -0.3 is 19.5 Å². The first-order valence-electron chi connectivity index (χ1n) is 7.90. The third-order valence-corrected chi connectivity index (χ3v) is 3.55. The van der Waals surface area contributed by atoms with Gasteiger partial charge in [-0.1, -0.05) is 13.5 Å². The van der Waals surface area contributed by atoms with E-state index in [4.69, 9.17) is 9.47 Å². The fraction of sp³-hybridized carbons (Fsp3) is 0.444. The number of carbonyl (C=O) groups is 2. The van der Waals surface area contributed by atoms with E-state index in [-0.39, 0.29) is 13.2 Å². The Hall–Kier alpha value is -2.34. The summed E-state index contributed by atoms with van der Waals surface area (Å²) in [4.78, 5) is 25.4. The van der Waals surface area contributed by atoms with Gasteiger partial charge >= 0.3 is 11.9 Å². The van der Waals surface area contributed by atoms with Crippen LogP contribution in [0.3, 0.4) is 0 Å². The number of hydrogen-bond donors (Lipinski definition) is 1. The number of benzene rings is 1. The fourth-order valence-electron chi connectivity index (χ4n) is 1.76. The molecule has 1 atom stereocenters. The third kappa shape index (κ3) is 6.04. The normalized spacial score (nSPS) is 11.5. The van der Waals surface area contributed by atoms with Gasteiger partial charge in [-0.05, 0) is 37.6 Å². The lowest BCUT2D eigenvalue weighted by molar-refractivity contribution is -0.142. The van der Waals surface area contributed by atoms with Crippen LogP contribution >= 0.6 is 0 Å². The van der Waals surface area contributed by atoms with Gasteiger partial charge in [-0.25, -0.2) is 9.59 Å². The first-order valence-corrected chi connectivity index (χ1v) is 7.90. The maximum Gasteiger partial charge on any atom is 0.338 e. The van der Waals surface area contributed by atoms with Crippen molar-refractivity contribution in [1.29, 1.82) is 0 Å². The maximum absolute atomic E-state index is 11.9. The summed E-state index contributed by atoms with van der Waals surface area (Å²) in [5.74, 6) is -1.09. The number of rotatable bonds is 9. The van der Waals surface area contributed by atoms with Crippen molar-refractivity contribution < 1.29 is 24.2 Å². The highest BCUT2D eigenvalue weighted by atomic mass is 16.6. The molecule has 1 aromatic carbocycles. The van der Waals surface area contributed by atoms with Crippen molar-refractivity contribution in [1.82, 2.24) is 0 Å². The van der Waals surface area contributed by atoms with Gasteiger partial charge in [-0.15, -0.1) is 0 Å². The SMILES string of the molecule is C=C(CC)C(=O)OCC(O)COC(=O)c1ccc(N(C)CC)cc1. The molecule has 0 aliphatic carbocycles. The van der Waals surface area contributed by atoms with E-state index in [9.17, 15) is 14.7 Å². The summed E-state index contributed by atoms with van der Waals surface area (Å²) < 4.78 is 9.88. The summed E-state index contributed by atoms with van der Waals surface area (Å²) in [6.45, 7) is 7.73. The highest BCUT2D eigenvalue weighted by molar-refractivity contribution is 5.90. The van der Waals surface area contributed by atoms with Gasteiger partial charge in [0.1, 0.15) is 19.3 Å². The minimum atomic E-state index is -1.08. The second kappa shape index (κ2) is 9.72. The molecule has 132 valence electrons. The lowest BCUT2D eigenvalue weighted by Crippen LogP contribution is -2.25. The molecule has 0 bridgehead atoms. The van der Waals surface area contributed by atoms with Gasteiger partial charge in [-0.3, -0.25) is 0 Å². The molecule has 1 aromatic rings. The van der Waals surface area contributed by atoms with Crippen molar-refractivity contribution in [2.45, 2.75) is 26.4 Å². The van der Waals surface area contributed by atoms with E-state index in [1.165, 1.54) is 0 Å². The van der Waals surface area contributed by atoms with Crippen LogP contribution in [-0.2, 0) is 14.3 Å². The second-order valence-electron chi connectivity index (χ2n) is 5.37. The Labute approximate surface area is 142 Å². The lowest BCUT2D eigenvalue weighted by atomic mass is 10.2. The zero-order valence-electron chi connectivity index (χ0n) is 14.4. The van der Waals surface area contributed by atoms with Crippen molar-refractivity contribution >= 4 is 17.6 Å². The van der Waals surface area contributed by atoms with E-state index >= 15 is 0 Å². The van der Waals surface area contributed by atoms with E-state index in [0.29, 0.717) is 17.6 Å². The van der Waals surface area contributed by atoms with Crippen LogP contribution in [0.1, 0.15) is 30.6 Å². The Morgan fingerprint density at radius 3 is 2.29 bits per heavy atom. The van der Waals surface area contributed by atoms with Crippen molar-refractivity contribution in [3.8, 4) is 0 Å². The molecule has 0 aliphatic rings. The Kier molecular flexibility index (Phi) is 7.98. The van der Waals surface area contributed by atoms with Crippen LogP contribution in [0.25, 0.3) is 0 Å². The van der Waals surface area contributed by atoms with Crippen LogP contribution < -0.4 is 4.90 Å². The third-order valence-electron chi connectivity index (χ3n) is 3.55. The predicted octanol–water partition coefficient (Wildman–Crippen LogP) is 2.17. The van der Waals surface area contributed by atoms with E-state index in [1.807, 2.05) is 31.0 Å². The van der Waals surface area contributed by atoms with Crippen molar-refractivity contribution in [2.24, 2.45) is 0 Å². The highest BCUT2D eigenvalue weighted by Crippen LogP contribution is 2.14. The summed E-state index contributed by atoms with van der Waals surface area (Å²) in [6, 6.07) is 6.99. The molecule has 0 saturated heterocycles. The molecule has 6 heteroatoms. The van der Waals surface area contributed by atoms with Gasteiger partial charge in [0.25, 0.3) is 0 Å². The summed E-state index contributed by atoms with van der Waals surface area (Å²) in [6.07, 6.45) is -0.597. The number of hydrogen-bond acceptors (Lipinski definition) is 6. The zero-order chi connectivity index (χ0) is 18.1. The molecule has 0 aromatic heterocycles. The average molecular weight is 335 g/mol. The standard InChI is InChI=1S/C18H25NO5/c1-5-13(3)17(21)23-11-16(20)12-24-18(22)14-7-9-15(10-8-14)19(4)6-2/h7-10,16,20H,3,5-6,11-12H2,1-2,4H3. The Bertz CT molecular complexity index is 567. The van der Waals surface area contributed by atoms with Gasteiger partial charge in [0.15, 0.2) is 0 Å². The number of anilines is 1. The molecule has 1 unspecified atom stereocenters. The topological polar surface area (TPSA) is 76.1 Å². The van der Waals surface area contributed by atoms with Crippen LogP contribution in [-0.4, -0.2) is 50.0 Å². The number of aliphatic hydroxyl groups excluding tert-OH is 1. The van der Waals surface area contributed by atoms with Crippen LogP contribution in [0.4, 0.5) is 5.69 Å². The molecule has 0 fully saturated rings. The van der Waals surface area contributed by atoms with Crippen molar-refractivity contribution in [2.75, 3.05) is 31.7 Å². The minimum absolute atomic E-state index is 0.245. The molecule has 1 rings (SSSR count). The first kappa shape index (κ1) is 19.7. The van der Waals surface area contributed by atoms with Gasteiger partial charge in [0.05, 0.1) is 5.56 Å². The molecule has 6 nitrogen and oxygen atoms in total. The summed E-state index contributed by atoms with van der Waals surface area (Å²) >= 11 is 0. The number of carbonyl (C=O) groups excluding carboxylic acids is 2. The largest absolute Gasteiger partial charge is 0.459 e. The van der Waals surface area contributed by atoms with E-state index in [1.54, 1.807) is 19.1 Å². The van der Waals surface area contributed by atoms with Crippen LogP contribution in [0.15, 0.2) is 36.4 Å².